The summed E-state index contributed by atoms with van der Waals surface area (Å²) in [5, 5.41) is 30.1. The molecule has 3 rings (SSSR count). The molecule has 3 N–H and O–H groups in total. The number of fused-ring (bicyclic) bond motifs is 1. The molecule has 0 aliphatic carbocycles. The molecule has 1 aromatic heterocycles. The highest BCUT2D eigenvalue weighted by Crippen LogP contribution is 2.31. The van der Waals surface area contributed by atoms with Gasteiger partial charge in [0.2, 0.25) is 0 Å². The molecule has 0 radical (unpaired) electrons. The van der Waals surface area contributed by atoms with Crippen LogP contribution in [-0.4, -0.2) is 44.8 Å². The molecule has 2 aromatic rings. The van der Waals surface area contributed by atoms with E-state index in [0.717, 1.165) is 10.9 Å². The number of hydrogen-bond acceptors (Lipinski definition) is 7. The first-order valence-corrected chi connectivity index (χ1v) is 8.43. The van der Waals surface area contributed by atoms with Gasteiger partial charge in [-0.1, -0.05) is 6.92 Å². The fourth-order valence-corrected chi connectivity index (χ4v) is 3.71. The van der Waals surface area contributed by atoms with Gasteiger partial charge in [0, 0.05) is 23.3 Å². The van der Waals surface area contributed by atoms with E-state index in [4.69, 9.17) is 9.15 Å². The van der Waals surface area contributed by atoms with E-state index >= 15 is 0 Å². The second kappa shape index (κ2) is 6.52. The van der Waals surface area contributed by atoms with Gasteiger partial charge in [-0.2, -0.15) is 0 Å². The molecule has 6 nitrogen and oxygen atoms in total. The minimum absolute atomic E-state index is 0.269. The van der Waals surface area contributed by atoms with Crippen molar-refractivity contribution in [1.82, 2.24) is 0 Å². The summed E-state index contributed by atoms with van der Waals surface area (Å²) in [7, 11) is 0. The van der Waals surface area contributed by atoms with E-state index in [1.165, 1.54) is 17.8 Å². The van der Waals surface area contributed by atoms with E-state index < -0.39 is 29.4 Å². The summed E-state index contributed by atoms with van der Waals surface area (Å²) >= 11 is 1.22. The maximum Gasteiger partial charge on any atom is 0.336 e. The zero-order valence-corrected chi connectivity index (χ0v) is 13.3. The topological polar surface area (TPSA) is 100 Å². The van der Waals surface area contributed by atoms with Crippen molar-refractivity contribution in [2.24, 2.45) is 0 Å². The number of benzene rings is 1. The van der Waals surface area contributed by atoms with Crippen LogP contribution in [0.25, 0.3) is 11.0 Å². The first kappa shape index (κ1) is 16.3. The van der Waals surface area contributed by atoms with E-state index in [1.807, 2.05) is 6.92 Å². The standard InChI is InChI=1S/C16H18O6S/c1-2-8-5-13(18)22-12-6-9(3-4-10(8)12)21-16-15(20)14(19)11(17)7-23-16/h3-6,11,14-17,19-20H,2,7H2,1H3/t11?,14-,15+,16?/m0/s1. The van der Waals surface area contributed by atoms with Crippen LogP contribution in [0.1, 0.15) is 12.5 Å². The third-order valence-corrected chi connectivity index (χ3v) is 5.13. The molecule has 0 saturated carbocycles. The van der Waals surface area contributed by atoms with Gasteiger partial charge in [-0.15, -0.1) is 11.8 Å². The SMILES string of the molecule is CCc1cc(=O)oc2cc(OC3SCC(O)[C@H](O)[C@H]3O)ccc12. The second-order valence-corrected chi connectivity index (χ2v) is 6.60. The van der Waals surface area contributed by atoms with Crippen molar-refractivity contribution in [3.05, 3.63) is 40.2 Å². The summed E-state index contributed by atoms with van der Waals surface area (Å²) < 4.78 is 10.9. The average molecular weight is 338 g/mol. The summed E-state index contributed by atoms with van der Waals surface area (Å²) in [5.41, 5.74) is 0.195. The van der Waals surface area contributed by atoms with Crippen LogP contribution in [0.15, 0.2) is 33.5 Å². The lowest BCUT2D eigenvalue weighted by molar-refractivity contribution is -0.0786. The molecule has 0 spiro atoms. The third kappa shape index (κ3) is 3.23. The number of thioether (sulfide) groups is 1. The van der Waals surface area contributed by atoms with Crippen LogP contribution in [0.3, 0.4) is 0 Å². The van der Waals surface area contributed by atoms with E-state index in [1.54, 1.807) is 18.2 Å². The van der Waals surface area contributed by atoms with Crippen molar-refractivity contribution < 1.29 is 24.5 Å². The monoisotopic (exact) mass is 338 g/mol. The molecule has 124 valence electrons. The summed E-state index contributed by atoms with van der Waals surface area (Å²) in [5.74, 6) is 0.694. The van der Waals surface area contributed by atoms with Crippen molar-refractivity contribution in [3.63, 3.8) is 0 Å². The number of aliphatic hydroxyl groups excluding tert-OH is 3. The molecule has 1 aliphatic rings. The first-order chi connectivity index (χ1) is 11.0. The number of rotatable bonds is 3. The van der Waals surface area contributed by atoms with Gasteiger partial charge in [-0.3, -0.25) is 0 Å². The molecule has 7 heteroatoms. The van der Waals surface area contributed by atoms with Crippen LogP contribution in [0.5, 0.6) is 5.75 Å². The van der Waals surface area contributed by atoms with Crippen molar-refractivity contribution in [3.8, 4) is 5.75 Å². The van der Waals surface area contributed by atoms with E-state index in [0.29, 0.717) is 17.8 Å². The molecule has 1 fully saturated rings. The highest BCUT2D eigenvalue weighted by atomic mass is 32.2. The van der Waals surface area contributed by atoms with Gasteiger partial charge in [0.05, 0.1) is 6.10 Å². The Kier molecular flexibility index (Phi) is 4.63. The Labute approximate surface area is 136 Å². The van der Waals surface area contributed by atoms with Crippen LogP contribution in [0.4, 0.5) is 0 Å². The summed E-state index contributed by atoms with van der Waals surface area (Å²) in [6.07, 6.45) is -2.71. The highest BCUT2D eigenvalue weighted by molar-refractivity contribution is 7.99. The van der Waals surface area contributed by atoms with Gasteiger partial charge in [-0.05, 0) is 24.1 Å². The Bertz CT molecular complexity index is 758. The zero-order valence-electron chi connectivity index (χ0n) is 12.5. The van der Waals surface area contributed by atoms with Crippen LogP contribution in [0, 0.1) is 0 Å². The van der Waals surface area contributed by atoms with Crippen molar-refractivity contribution in [1.29, 1.82) is 0 Å². The van der Waals surface area contributed by atoms with Gasteiger partial charge < -0.3 is 24.5 Å². The molecule has 0 amide bonds. The largest absolute Gasteiger partial charge is 0.477 e. The molecule has 1 aliphatic heterocycles. The molecule has 2 unspecified atom stereocenters. The van der Waals surface area contributed by atoms with Crippen LogP contribution in [0.2, 0.25) is 0 Å². The van der Waals surface area contributed by atoms with Gasteiger partial charge in [0.25, 0.3) is 0 Å². The fraction of sp³-hybridized carbons (Fsp3) is 0.438. The molecule has 4 atom stereocenters. The Balaban J connectivity index is 1.88. The summed E-state index contributed by atoms with van der Waals surface area (Å²) in [6, 6.07) is 6.60. The quantitative estimate of drug-likeness (QED) is 0.715. The lowest BCUT2D eigenvalue weighted by atomic mass is 10.1. The molecule has 1 saturated heterocycles. The first-order valence-electron chi connectivity index (χ1n) is 7.39. The molecule has 23 heavy (non-hydrogen) atoms. The maximum atomic E-state index is 11.6. The third-order valence-electron chi connectivity index (χ3n) is 3.89. The molecule has 1 aromatic carbocycles. The van der Waals surface area contributed by atoms with Gasteiger partial charge in [0.15, 0.2) is 5.44 Å². The Morgan fingerprint density at radius 3 is 2.78 bits per heavy atom. The van der Waals surface area contributed by atoms with Gasteiger partial charge in [0.1, 0.15) is 23.5 Å². The number of ether oxygens (including phenoxy) is 1. The highest BCUT2D eigenvalue weighted by Gasteiger charge is 2.38. The van der Waals surface area contributed by atoms with E-state index in [9.17, 15) is 20.1 Å². The van der Waals surface area contributed by atoms with E-state index in [2.05, 4.69) is 0 Å². The van der Waals surface area contributed by atoms with Crippen molar-refractivity contribution >= 4 is 22.7 Å². The van der Waals surface area contributed by atoms with Gasteiger partial charge >= 0.3 is 5.63 Å². The smallest absolute Gasteiger partial charge is 0.336 e. The summed E-state index contributed by atoms with van der Waals surface area (Å²) in [4.78, 5) is 11.6. The zero-order chi connectivity index (χ0) is 16.6. The number of hydrogen-bond donors (Lipinski definition) is 3. The minimum atomic E-state index is -1.24. The normalized spacial score (nSPS) is 28.0. The molecular weight excluding hydrogens is 320 g/mol. The summed E-state index contributed by atoms with van der Waals surface area (Å²) in [6.45, 7) is 1.96. The Morgan fingerprint density at radius 2 is 2.04 bits per heavy atom. The lowest BCUT2D eigenvalue weighted by Crippen LogP contribution is -2.50. The molecular formula is C16H18O6S. The van der Waals surface area contributed by atoms with Crippen molar-refractivity contribution in [2.45, 2.75) is 37.1 Å². The van der Waals surface area contributed by atoms with Crippen LogP contribution in [-0.2, 0) is 6.42 Å². The predicted molar refractivity (Wildman–Crippen MR) is 86.8 cm³/mol. The van der Waals surface area contributed by atoms with Crippen LogP contribution >= 0.6 is 11.8 Å². The molecule has 2 heterocycles. The average Bonchev–Trinajstić information content (AvgIpc) is 2.54. The fourth-order valence-electron chi connectivity index (χ4n) is 2.59. The Hall–Kier alpha value is -1.54. The van der Waals surface area contributed by atoms with Gasteiger partial charge in [-0.25, -0.2) is 4.79 Å². The minimum Gasteiger partial charge on any atom is -0.477 e. The second-order valence-electron chi connectivity index (χ2n) is 5.47. The molecule has 0 bridgehead atoms. The Morgan fingerprint density at radius 1 is 1.26 bits per heavy atom. The van der Waals surface area contributed by atoms with Crippen molar-refractivity contribution in [2.75, 3.05) is 5.75 Å². The van der Waals surface area contributed by atoms with E-state index in [-0.39, 0.29) is 5.75 Å². The van der Waals surface area contributed by atoms with Crippen LogP contribution < -0.4 is 10.4 Å². The number of aryl methyl sites for hydroxylation is 1. The number of aliphatic hydroxyl groups is 3. The maximum absolute atomic E-state index is 11.6. The lowest BCUT2D eigenvalue weighted by Gasteiger charge is -2.34. The predicted octanol–water partition coefficient (Wildman–Crippen LogP) is 0.890.